The molecule has 3 heteroatoms. The number of hydrogen-bond donors (Lipinski definition) is 1. The van der Waals surface area contributed by atoms with Gasteiger partial charge in [0.15, 0.2) is 0 Å². The minimum absolute atomic E-state index is 0.508. The van der Waals surface area contributed by atoms with Gasteiger partial charge in [-0.05, 0) is 49.7 Å². The number of aromatic nitrogens is 1. The quantitative estimate of drug-likeness (QED) is 0.873. The van der Waals surface area contributed by atoms with E-state index in [4.69, 9.17) is 4.74 Å². The van der Waals surface area contributed by atoms with Crippen LogP contribution in [0.2, 0.25) is 0 Å². The van der Waals surface area contributed by atoms with Crippen LogP contribution in [-0.4, -0.2) is 24.3 Å². The molecule has 20 heavy (non-hydrogen) atoms. The lowest BCUT2D eigenvalue weighted by Crippen LogP contribution is -2.09. The zero-order valence-corrected chi connectivity index (χ0v) is 12.3. The summed E-state index contributed by atoms with van der Waals surface area (Å²) >= 11 is 0. The van der Waals surface area contributed by atoms with Gasteiger partial charge in [0, 0.05) is 25.9 Å². The molecule has 0 bridgehead atoms. The summed E-state index contributed by atoms with van der Waals surface area (Å²) in [4.78, 5) is 0. The lowest BCUT2D eigenvalue weighted by Gasteiger charge is -2.12. The van der Waals surface area contributed by atoms with Crippen molar-refractivity contribution in [2.45, 2.75) is 44.9 Å². The summed E-state index contributed by atoms with van der Waals surface area (Å²) < 4.78 is 8.10. The molecule has 1 fully saturated rings. The molecule has 108 valence electrons. The second-order valence-electron chi connectivity index (χ2n) is 5.67. The summed E-state index contributed by atoms with van der Waals surface area (Å²) in [5.41, 5.74) is 2.77. The van der Waals surface area contributed by atoms with Crippen LogP contribution in [0.3, 0.4) is 0 Å². The second kappa shape index (κ2) is 6.42. The van der Waals surface area contributed by atoms with Gasteiger partial charge in [0.25, 0.3) is 0 Å². The molecule has 0 spiro atoms. The summed E-state index contributed by atoms with van der Waals surface area (Å²) in [6.07, 6.45) is 7.60. The number of nitrogens with zero attached hydrogens (tertiary/aromatic N) is 1. The molecule has 3 nitrogen and oxygen atoms in total. The Kier molecular flexibility index (Phi) is 4.38. The molecule has 1 aromatic carbocycles. The molecule has 3 rings (SSSR count). The lowest BCUT2D eigenvalue weighted by atomic mass is 10.1. The molecular formula is C17H24N2O. The van der Waals surface area contributed by atoms with Crippen LogP contribution in [-0.2, 0) is 17.8 Å². The fourth-order valence-corrected chi connectivity index (χ4v) is 3.22. The van der Waals surface area contributed by atoms with E-state index < -0.39 is 0 Å². The van der Waals surface area contributed by atoms with Crippen molar-refractivity contribution in [1.29, 1.82) is 0 Å². The van der Waals surface area contributed by atoms with Crippen molar-refractivity contribution < 1.29 is 4.74 Å². The van der Waals surface area contributed by atoms with Crippen LogP contribution in [0, 0.1) is 0 Å². The number of fused-ring (bicyclic) bond motifs is 1. The van der Waals surface area contributed by atoms with Crippen LogP contribution in [0.5, 0.6) is 0 Å². The molecular weight excluding hydrogens is 248 g/mol. The highest BCUT2D eigenvalue weighted by Crippen LogP contribution is 2.22. The van der Waals surface area contributed by atoms with Gasteiger partial charge in [-0.25, -0.2) is 0 Å². The number of ether oxygens (including phenoxy) is 1. The van der Waals surface area contributed by atoms with E-state index >= 15 is 0 Å². The van der Waals surface area contributed by atoms with E-state index in [1.54, 1.807) is 0 Å². The molecule has 1 aromatic heterocycles. The van der Waals surface area contributed by atoms with Gasteiger partial charge >= 0.3 is 0 Å². The molecule has 2 aromatic rings. The fraction of sp³-hybridized carbons (Fsp3) is 0.529. The molecule has 1 N–H and O–H groups in total. The van der Waals surface area contributed by atoms with Gasteiger partial charge in [-0.15, -0.1) is 0 Å². The third-order valence-electron chi connectivity index (χ3n) is 4.19. The van der Waals surface area contributed by atoms with Crippen LogP contribution < -0.4 is 5.32 Å². The monoisotopic (exact) mass is 272 g/mol. The maximum atomic E-state index is 5.70. The SMILES string of the molecule is CNCc1cccc2ccn(CCCC3CCCO3)c12. The standard InChI is InChI=1S/C17H24N2O/c1-18-13-15-6-2-5-14-9-11-19(17(14)15)10-3-7-16-8-4-12-20-16/h2,5-6,9,11,16,18H,3-4,7-8,10,12-13H2,1H3. The smallest absolute Gasteiger partial charge is 0.0576 e. The first kappa shape index (κ1) is 13.7. The fourth-order valence-electron chi connectivity index (χ4n) is 3.22. The van der Waals surface area contributed by atoms with Crippen molar-refractivity contribution in [3.63, 3.8) is 0 Å². The van der Waals surface area contributed by atoms with E-state index in [-0.39, 0.29) is 0 Å². The third kappa shape index (κ3) is 2.89. The van der Waals surface area contributed by atoms with E-state index in [0.29, 0.717) is 6.10 Å². The van der Waals surface area contributed by atoms with Gasteiger partial charge in [0.1, 0.15) is 0 Å². The maximum absolute atomic E-state index is 5.70. The predicted molar refractivity (Wildman–Crippen MR) is 82.9 cm³/mol. The van der Waals surface area contributed by atoms with Gasteiger partial charge in [-0.1, -0.05) is 18.2 Å². The average Bonchev–Trinajstić information content (AvgIpc) is 3.10. The summed E-state index contributed by atoms with van der Waals surface area (Å²) in [7, 11) is 2.00. The van der Waals surface area contributed by atoms with Crippen molar-refractivity contribution in [1.82, 2.24) is 9.88 Å². The molecule has 1 atom stereocenters. The number of para-hydroxylation sites is 1. The van der Waals surface area contributed by atoms with Crippen LogP contribution in [0.1, 0.15) is 31.2 Å². The highest BCUT2D eigenvalue weighted by atomic mass is 16.5. The maximum Gasteiger partial charge on any atom is 0.0576 e. The Balaban J connectivity index is 1.70. The molecule has 1 aliphatic heterocycles. The number of aryl methyl sites for hydroxylation is 1. The van der Waals surface area contributed by atoms with Crippen molar-refractivity contribution in [3.05, 3.63) is 36.0 Å². The second-order valence-corrected chi connectivity index (χ2v) is 5.67. The van der Waals surface area contributed by atoms with Crippen LogP contribution >= 0.6 is 0 Å². The Bertz CT molecular complexity index is 555. The van der Waals surface area contributed by atoms with Crippen LogP contribution in [0.4, 0.5) is 0 Å². The Morgan fingerprint density at radius 3 is 3.10 bits per heavy atom. The third-order valence-corrected chi connectivity index (χ3v) is 4.19. The molecule has 1 aliphatic rings. The minimum atomic E-state index is 0.508. The first-order chi connectivity index (χ1) is 9.88. The highest BCUT2D eigenvalue weighted by Gasteiger charge is 2.15. The summed E-state index contributed by atoms with van der Waals surface area (Å²) in [5.74, 6) is 0. The van der Waals surface area contributed by atoms with Crippen molar-refractivity contribution >= 4 is 10.9 Å². The minimum Gasteiger partial charge on any atom is -0.378 e. The average molecular weight is 272 g/mol. The van der Waals surface area contributed by atoms with E-state index in [1.807, 2.05) is 7.05 Å². The van der Waals surface area contributed by atoms with Gasteiger partial charge in [-0.2, -0.15) is 0 Å². The Labute approximate surface area is 120 Å². The van der Waals surface area contributed by atoms with Gasteiger partial charge in [-0.3, -0.25) is 0 Å². The Morgan fingerprint density at radius 1 is 1.35 bits per heavy atom. The van der Waals surface area contributed by atoms with Gasteiger partial charge < -0.3 is 14.6 Å². The summed E-state index contributed by atoms with van der Waals surface area (Å²) in [5, 5.41) is 4.60. The lowest BCUT2D eigenvalue weighted by molar-refractivity contribution is 0.101. The van der Waals surface area contributed by atoms with Gasteiger partial charge in [0.05, 0.1) is 11.6 Å². The van der Waals surface area contributed by atoms with E-state index in [2.05, 4.69) is 40.3 Å². The van der Waals surface area contributed by atoms with Crippen molar-refractivity contribution in [3.8, 4) is 0 Å². The Morgan fingerprint density at radius 2 is 2.30 bits per heavy atom. The molecule has 1 unspecified atom stereocenters. The van der Waals surface area contributed by atoms with E-state index in [1.165, 1.54) is 42.1 Å². The number of nitrogens with one attached hydrogen (secondary N) is 1. The molecule has 0 amide bonds. The largest absolute Gasteiger partial charge is 0.378 e. The first-order valence-corrected chi connectivity index (χ1v) is 7.71. The molecule has 0 radical (unpaired) electrons. The van der Waals surface area contributed by atoms with Crippen molar-refractivity contribution in [2.75, 3.05) is 13.7 Å². The topological polar surface area (TPSA) is 26.2 Å². The zero-order valence-electron chi connectivity index (χ0n) is 12.3. The zero-order chi connectivity index (χ0) is 13.8. The van der Waals surface area contributed by atoms with Crippen LogP contribution in [0.25, 0.3) is 10.9 Å². The molecule has 0 saturated carbocycles. The highest BCUT2D eigenvalue weighted by molar-refractivity contribution is 5.83. The van der Waals surface area contributed by atoms with E-state index in [9.17, 15) is 0 Å². The Hall–Kier alpha value is -1.32. The molecule has 0 aliphatic carbocycles. The van der Waals surface area contributed by atoms with Crippen molar-refractivity contribution in [2.24, 2.45) is 0 Å². The van der Waals surface area contributed by atoms with Gasteiger partial charge in [0.2, 0.25) is 0 Å². The first-order valence-electron chi connectivity index (χ1n) is 7.71. The number of hydrogen-bond acceptors (Lipinski definition) is 2. The molecule has 1 saturated heterocycles. The number of rotatable bonds is 6. The normalized spacial score (nSPS) is 18.9. The summed E-state index contributed by atoms with van der Waals surface area (Å²) in [6.45, 7) is 2.97. The van der Waals surface area contributed by atoms with Crippen LogP contribution in [0.15, 0.2) is 30.5 Å². The molecule has 2 heterocycles. The van der Waals surface area contributed by atoms with E-state index in [0.717, 1.165) is 19.7 Å². The number of benzene rings is 1. The predicted octanol–water partition coefficient (Wildman–Crippen LogP) is 3.32. The summed E-state index contributed by atoms with van der Waals surface area (Å²) in [6, 6.07) is 8.78.